The van der Waals surface area contributed by atoms with Crippen molar-refractivity contribution in [2.24, 2.45) is 0 Å². The van der Waals surface area contributed by atoms with Crippen molar-refractivity contribution in [3.05, 3.63) is 59.2 Å². The monoisotopic (exact) mass is 390 g/mol. The van der Waals surface area contributed by atoms with E-state index in [0.29, 0.717) is 25.1 Å². The van der Waals surface area contributed by atoms with Crippen LogP contribution in [0.3, 0.4) is 0 Å². The fourth-order valence-corrected chi connectivity index (χ4v) is 3.75. The van der Waals surface area contributed by atoms with Crippen molar-refractivity contribution in [3.8, 4) is 0 Å². The predicted molar refractivity (Wildman–Crippen MR) is 107 cm³/mol. The van der Waals surface area contributed by atoms with Gasteiger partial charge in [-0.2, -0.15) is 0 Å². The minimum absolute atomic E-state index is 0.126. The second-order valence-electron chi connectivity index (χ2n) is 6.19. The Hall–Kier alpha value is -2.22. The summed E-state index contributed by atoms with van der Waals surface area (Å²) >= 11 is 0. The molecule has 0 aliphatic heterocycles. The van der Waals surface area contributed by atoms with Gasteiger partial charge < -0.3 is 10.1 Å². The molecule has 0 radical (unpaired) electrons. The van der Waals surface area contributed by atoms with Gasteiger partial charge in [-0.05, 0) is 55.2 Å². The SMILES string of the molecule is CCc1cccc(C)c1NC(=O)c1ccc(S(=O)(=O)NCCCOC)cc1. The minimum Gasteiger partial charge on any atom is -0.385 e. The molecule has 0 heterocycles. The number of para-hydroxylation sites is 1. The summed E-state index contributed by atoms with van der Waals surface area (Å²) in [6, 6.07) is 11.8. The first kappa shape index (κ1) is 21.1. The van der Waals surface area contributed by atoms with Crippen LogP contribution in [0.1, 0.15) is 34.8 Å². The Bertz CT molecular complexity index is 877. The van der Waals surface area contributed by atoms with E-state index in [4.69, 9.17) is 4.74 Å². The number of amides is 1. The molecule has 146 valence electrons. The molecule has 1 amide bonds. The summed E-state index contributed by atoms with van der Waals surface area (Å²) in [4.78, 5) is 12.7. The molecule has 6 nitrogen and oxygen atoms in total. The fourth-order valence-electron chi connectivity index (χ4n) is 2.68. The quantitative estimate of drug-likeness (QED) is 0.644. The third-order valence-corrected chi connectivity index (χ3v) is 5.70. The molecule has 27 heavy (non-hydrogen) atoms. The van der Waals surface area contributed by atoms with E-state index in [2.05, 4.69) is 10.0 Å². The zero-order valence-corrected chi connectivity index (χ0v) is 16.7. The summed E-state index contributed by atoms with van der Waals surface area (Å²) in [5.41, 5.74) is 3.25. The van der Waals surface area contributed by atoms with Crippen LogP contribution in [-0.4, -0.2) is 34.6 Å². The summed E-state index contributed by atoms with van der Waals surface area (Å²) in [6.07, 6.45) is 1.40. The minimum atomic E-state index is -3.60. The normalized spacial score (nSPS) is 11.4. The molecule has 0 aromatic heterocycles. The Morgan fingerprint density at radius 3 is 2.44 bits per heavy atom. The van der Waals surface area contributed by atoms with E-state index in [1.54, 1.807) is 7.11 Å². The van der Waals surface area contributed by atoms with Crippen molar-refractivity contribution in [1.82, 2.24) is 4.72 Å². The first-order valence-electron chi connectivity index (χ1n) is 8.87. The fraction of sp³-hybridized carbons (Fsp3) is 0.350. The summed E-state index contributed by atoms with van der Waals surface area (Å²) in [5, 5.41) is 2.93. The highest BCUT2D eigenvalue weighted by Crippen LogP contribution is 2.22. The van der Waals surface area contributed by atoms with Crippen LogP contribution in [0.15, 0.2) is 47.4 Å². The number of sulfonamides is 1. The van der Waals surface area contributed by atoms with Gasteiger partial charge in [-0.25, -0.2) is 13.1 Å². The van der Waals surface area contributed by atoms with Crippen molar-refractivity contribution in [2.45, 2.75) is 31.6 Å². The van der Waals surface area contributed by atoms with Gasteiger partial charge in [0, 0.05) is 31.5 Å². The smallest absolute Gasteiger partial charge is 0.255 e. The lowest BCUT2D eigenvalue weighted by molar-refractivity contribution is 0.102. The van der Waals surface area contributed by atoms with E-state index < -0.39 is 10.0 Å². The van der Waals surface area contributed by atoms with Gasteiger partial charge in [0.2, 0.25) is 10.0 Å². The maximum Gasteiger partial charge on any atom is 0.255 e. The lowest BCUT2D eigenvalue weighted by Crippen LogP contribution is -2.25. The Labute approximate surface area is 161 Å². The molecule has 0 atom stereocenters. The average Bonchev–Trinajstić information content (AvgIpc) is 2.67. The number of nitrogens with one attached hydrogen (secondary N) is 2. The maximum absolute atomic E-state index is 12.5. The molecule has 7 heteroatoms. The highest BCUT2D eigenvalue weighted by molar-refractivity contribution is 7.89. The van der Waals surface area contributed by atoms with Crippen LogP contribution in [0, 0.1) is 6.92 Å². The summed E-state index contributed by atoms with van der Waals surface area (Å²) in [5.74, 6) is -0.268. The van der Waals surface area contributed by atoms with Gasteiger partial charge >= 0.3 is 0 Å². The van der Waals surface area contributed by atoms with Crippen LogP contribution in [0.2, 0.25) is 0 Å². The molecular weight excluding hydrogens is 364 g/mol. The largest absolute Gasteiger partial charge is 0.385 e. The number of carbonyl (C=O) groups excluding carboxylic acids is 1. The van der Waals surface area contributed by atoms with Crippen LogP contribution in [0.5, 0.6) is 0 Å². The molecule has 0 aliphatic carbocycles. The first-order valence-corrected chi connectivity index (χ1v) is 10.4. The Balaban J connectivity index is 2.10. The third-order valence-electron chi connectivity index (χ3n) is 4.22. The number of ether oxygens (including phenoxy) is 1. The molecule has 0 spiro atoms. The number of carbonyl (C=O) groups is 1. The molecule has 2 N–H and O–H groups in total. The van der Waals surface area contributed by atoms with Crippen LogP contribution >= 0.6 is 0 Å². The van der Waals surface area contributed by atoms with Gasteiger partial charge in [0.1, 0.15) is 0 Å². The summed E-state index contributed by atoms with van der Waals surface area (Å²) in [7, 11) is -2.03. The summed E-state index contributed by atoms with van der Waals surface area (Å²) < 4.78 is 31.9. The molecule has 0 saturated carbocycles. The van der Waals surface area contributed by atoms with E-state index in [1.165, 1.54) is 24.3 Å². The van der Waals surface area contributed by atoms with E-state index in [9.17, 15) is 13.2 Å². The molecule has 2 aromatic carbocycles. The molecule has 0 unspecified atom stereocenters. The number of aryl methyl sites for hydroxylation is 2. The molecule has 0 bridgehead atoms. The third kappa shape index (κ3) is 5.63. The molecule has 0 aliphatic rings. The van der Waals surface area contributed by atoms with Crippen LogP contribution in [0.4, 0.5) is 5.69 Å². The van der Waals surface area contributed by atoms with Crippen molar-refractivity contribution in [2.75, 3.05) is 25.6 Å². The van der Waals surface area contributed by atoms with Crippen molar-refractivity contribution in [3.63, 3.8) is 0 Å². The van der Waals surface area contributed by atoms with Crippen molar-refractivity contribution >= 4 is 21.6 Å². The van der Waals surface area contributed by atoms with Gasteiger partial charge in [0.15, 0.2) is 0 Å². The molecule has 0 fully saturated rings. The van der Waals surface area contributed by atoms with E-state index in [0.717, 1.165) is 23.2 Å². The highest BCUT2D eigenvalue weighted by atomic mass is 32.2. The molecule has 2 aromatic rings. The predicted octanol–water partition coefficient (Wildman–Crippen LogP) is 3.12. The van der Waals surface area contributed by atoms with Crippen LogP contribution in [-0.2, 0) is 21.2 Å². The number of benzene rings is 2. The number of methoxy groups -OCH3 is 1. The molecule has 2 rings (SSSR count). The Morgan fingerprint density at radius 1 is 1.11 bits per heavy atom. The van der Waals surface area contributed by atoms with Crippen LogP contribution in [0.25, 0.3) is 0 Å². The molecule has 0 saturated heterocycles. The number of hydrogen-bond acceptors (Lipinski definition) is 4. The maximum atomic E-state index is 12.5. The van der Waals surface area contributed by atoms with Crippen molar-refractivity contribution in [1.29, 1.82) is 0 Å². The Kier molecular flexibility index (Phi) is 7.53. The van der Waals surface area contributed by atoms with Gasteiger partial charge in [0.05, 0.1) is 4.90 Å². The number of rotatable bonds is 9. The lowest BCUT2D eigenvalue weighted by Gasteiger charge is -2.13. The number of hydrogen-bond donors (Lipinski definition) is 2. The second kappa shape index (κ2) is 9.64. The highest BCUT2D eigenvalue weighted by Gasteiger charge is 2.15. The van der Waals surface area contributed by atoms with Gasteiger partial charge in [-0.15, -0.1) is 0 Å². The van der Waals surface area contributed by atoms with Gasteiger partial charge in [0.25, 0.3) is 5.91 Å². The van der Waals surface area contributed by atoms with E-state index >= 15 is 0 Å². The Morgan fingerprint density at radius 2 is 1.81 bits per heavy atom. The van der Waals surface area contributed by atoms with E-state index in [-0.39, 0.29) is 10.8 Å². The zero-order valence-electron chi connectivity index (χ0n) is 15.9. The van der Waals surface area contributed by atoms with E-state index in [1.807, 2.05) is 32.0 Å². The lowest BCUT2D eigenvalue weighted by atomic mass is 10.1. The van der Waals surface area contributed by atoms with Crippen LogP contribution < -0.4 is 10.0 Å². The zero-order chi connectivity index (χ0) is 19.9. The van der Waals surface area contributed by atoms with Gasteiger partial charge in [-0.1, -0.05) is 25.1 Å². The second-order valence-corrected chi connectivity index (χ2v) is 7.95. The topological polar surface area (TPSA) is 84.5 Å². The first-order chi connectivity index (χ1) is 12.9. The average molecular weight is 391 g/mol. The molecular formula is C20H26N2O4S. The van der Waals surface area contributed by atoms with Crippen molar-refractivity contribution < 1.29 is 17.9 Å². The standard InChI is InChI=1S/C20H26N2O4S/c1-4-16-8-5-7-15(2)19(16)22-20(23)17-9-11-18(12-10-17)27(24,25)21-13-6-14-26-3/h5,7-12,21H,4,6,13-14H2,1-3H3,(H,22,23). The number of anilines is 1. The summed E-state index contributed by atoms with van der Waals surface area (Å²) in [6.45, 7) is 4.76. The van der Waals surface area contributed by atoms with Gasteiger partial charge in [-0.3, -0.25) is 4.79 Å².